The number of anilines is 1. The van der Waals surface area contributed by atoms with Crippen LogP contribution in [0.1, 0.15) is 18.4 Å². The Morgan fingerprint density at radius 1 is 1.47 bits per heavy atom. The highest BCUT2D eigenvalue weighted by Crippen LogP contribution is 2.24. The molecule has 0 radical (unpaired) electrons. The molecule has 0 bridgehead atoms. The number of nitrogen functional groups attached to an aromatic ring is 1. The van der Waals surface area contributed by atoms with Crippen molar-refractivity contribution in [3.63, 3.8) is 0 Å². The first kappa shape index (κ1) is 12.2. The second-order valence-electron chi connectivity index (χ2n) is 5.12. The Hall–Kier alpha value is -1.22. The number of benzene rings is 1. The molecule has 2 N–H and O–H groups in total. The highest BCUT2D eigenvalue weighted by molar-refractivity contribution is 5.53. The lowest BCUT2D eigenvalue weighted by Crippen LogP contribution is -2.34. The van der Waals surface area contributed by atoms with Crippen molar-refractivity contribution in [2.75, 3.05) is 32.5 Å². The Morgan fingerprint density at radius 2 is 2.29 bits per heavy atom. The molecule has 1 aromatic rings. The predicted octanol–water partition coefficient (Wildman–Crippen LogP) is 2.30. The fourth-order valence-electron chi connectivity index (χ4n) is 2.42. The Morgan fingerprint density at radius 3 is 3.00 bits per heavy atom. The van der Waals surface area contributed by atoms with Gasteiger partial charge in [0, 0.05) is 12.5 Å². The lowest BCUT2D eigenvalue weighted by atomic mass is 9.99. The summed E-state index contributed by atoms with van der Waals surface area (Å²) < 4.78 is 5.83. The summed E-state index contributed by atoms with van der Waals surface area (Å²) in [5, 5.41) is 0. The second kappa shape index (κ2) is 5.41. The quantitative estimate of drug-likeness (QED) is 0.816. The predicted molar refractivity (Wildman–Crippen MR) is 71.3 cm³/mol. The number of piperidine rings is 1. The van der Waals surface area contributed by atoms with Gasteiger partial charge in [-0.05, 0) is 51.1 Å². The first-order chi connectivity index (χ1) is 8.15. The first-order valence-electron chi connectivity index (χ1n) is 6.32. The van der Waals surface area contributed by atoms with E-state index in [2.05, 4.69) is 11.9 Å². The molecular formula is C14H22N2O. The van der Waals surface area contributed by atoms with Gasteiger partial charge in [-0.2, -0.15) is 0 Å². The van der Waals surface area contributed by atoms with Crippen LogP contribution in [0.25, 0.3) is 0 Å². The van der Waals surface area contributed by atoms with E-state index in [9.17, 15) is 0 Å². The molecular weight excluding hydrogens is 212 g/mol. The molecule has 1 aliphatic rings. The normalized spacial score (nSPS) is 21.4. The summed E-state index contributed by atoms with van der Waals surface area (Å²) in [5.74, 6) is 1.46. The Labute approximate surface area is 104 Å². The van der Waals surface area contributed by atoms with Gasteiger partial charge in [-0.15, -0.1) is 0 Å². The van der Waals surface area contributed by atoms with Crippen LogP contribution in [0.2, 0.25) is 0 Å². The van der Waals surface area contributed by atoms with Crippen LogP contribution in [0.15, 0.2) is 18.2 Å². The van der Waals surface area contributed by atoms with Crippen LogP contribution in [0.4, 0.5) is 5.69 Å². The number of nitrogens with two attached hydrogens (primary N) is 1. The van der Waals surface area contributed by atoms with Crippen LogP contribution >= 0.6 is 0 Å². The Bertz CT molecular complexity index is 378. The number of rotatable bonds is 3. The SMILES string of the molecule is Cc1ccc(OCC2CCCN(C)C2)c(N)c1. The van der Waals surface area contributed by atoms with Gasteiger partial charge in [0.25, 0.3) is 0 Å². The largest absolute Gasteiger partial charge is 0.491 e. The smallest absolute Gasteiger partial charge is 0.142 e. The van der Waals surface area contributed by atoms with Crippen molar-refractivity contribution in [3.05, 3.63) is 23.8 Å². The van der Waals surface area contributed by atoms with Crippen molar-refractivity contribution in [2.45, 2.75) is 19.8 Å². The van der Waals surface area contributed by atoms with Gasteiger partial charge in [-0.3, -0.25) is 0 Å². The summed E-state index contributed by atoms with van der Waals surface area (Å²) in [4.78, 5) is 2.37. The third-order valence-corrected chi connectivity index (χ3v) is 3.36. The van der Waals surface area contributed by atoms with Crippen LogP contribution in [0.5, 0.6) is 5.75 Å². The minimum absolute atomic E-state index is 0.634. The molecule has 2 rings (SSSR count). The van der Waals surface area contributed by atoms with Crippen molar-refractivity contribution >= 4 is 5.69 Å². The number of aryl methyl sites for hydroxylation is 1. The maximum Gasteiger partial charge on any atom is 0.142 e. The van der Waals surface area contributed by atoms with E-state index in [0.29, 0.717) is 5.92 Å². The van der Waals surface area contributed by atoms with Crippen LogP contribution in [0, 0.1) is 12.8 Å². The molecule has 1 saturated heterocycles. The van der Waals surface area contributed by atoms with Gasteiger partial charge in [0.1, 0.15) is 5.75 Å². The van der Waals surface area contributed by atoms with E-state index in [1.165, 1.54) is 24.9 Å². The van der Waals surface area contributed by atoms with E-state index < -0.39 is 0 Å². The minimum Gasteiger partial charge on any atom is -0.491 e. The van der Waals surface area contributed by atoms with Crippen LogP contribution < -0.4 is 10.5 Å². The highest BCUT2D eigenvalue weighted by Gasteiger charge is 2.17. The van der Waals surface area contributed by atoms with E-state index in [-0.39, 0.29) is 0 Å². The molecule has 1 aliphatic heterocycles. The molecule has 0 saturated carbocycles. The third-order valence-electron chi connectivity index (χ3n) is 3.36. The van der Waals surface area contributed by atoms with Crippen molar-refractivity contribution in [3.8, 4) is 5.75 Å². The highest BCUT2D eigenvalue weighted by atomic mass is 16.5. The summed E-state index contributed by atoms with van der Waals surface area (Å²) in [7, 11) is 2.17. The standard InChI is InChI=1S/C14H22N2O/c1-11-5-6-14(13(15)8-11)17-10-12-4-3-7-16(2)9-12/h5-6,8,12H,3-4,7,9-10,15H2,1-2H3. The first-order valence-corrected chi connectivity index (χ1v) is 6.32. The average molecular weight is 234 g/mol. The number of hydrogen-bond acceptors (Lipinski definition) is 3. The van der Waals surface area contributed by atoms with Crippen LogP contribution in [-0.4, -0.2) is 31.6 Å². The van der Waals surface area contributed by atoms with E-state index in [4.69, 9.17) is 10.5 Å². The number of hydrogen-bond donors (Lipinski definition) is 1. The topological polar surface area (TPSA) is 38.5 Å². The summed E-state index contributed by atoms with van der Waals surface area (Å²) in [6, 6.07) is 5.97. The minimum atomic E-state index is 0.634. The maximum atomic E-state index is 5.93. The fraction of sp³-hybridized carbons (Fsp3) is 0.571. The molecule has 1 unspecified atom stereocenters. The van der Waals surface area contributed by atoms with Crippen molar-refractivity contribution in [2.24, 2.45) is 5.92 Å². The summed E-state index contributed by atoms with van der Waals surface area (Å²) in [5.41, 5.74) is 7.85. The molecule has 0 amide bonds. The maximum absolute atomic E-state index is 5.93. The monoisotopic (exact) mass is 234 g/mol. The van der Waals surface area contributed by atoms with Crippen molar-refractivity contribution < 1.29 is 4.74 Å². The molecule has 1 atom stereocenters. The number of nitrogens with zero attached hydrogens (tertiary/aromatic N) is 1. The molecule has 0 aromatic heterocycles. The zero-order valence-electron chi connectivity index (χ0n) is 10.8. The van der Waals surface area contributed by atoms with Gasteiger partial charge in [0.15, 0.2) is 0 Å². The van der Waals surface area contributed by atoms with Gasteiger partial charge in [0.05, 0.1) is 12.3 Å². The van der Waals surface area contributed by atoms with Gasteiger partial charge >= 0.3 is 0 Å². The molecule has 1 aromatic carbocycles. The molecule has 3 heteroatoms. The van der Waals surface area contributed by atoms with Gasteiger partial charge in [0.2, 0.25) is 0 Å². The average Bonchev–Trinajstić information content (AvgIpc) is 2.28. The number of ether oxygens (including phenoxy) is 1. The molecule has 17 heavy (non-hydrogen) atoms. The second-order valence-corrected chi connectivity index (χ2v) is 5.12. The van der Waals surface area contributed by atoms with Gasteiger partial charge in [-0.1, -0.05) is 6.07 Å². The Kier molecular flexibility index (Phi) is 3.89. The summed E-state index contributed by atoms with van der Waals surface area (Å²) >= 11 is 0. The molecule has 3 nitrogen and oxygen atoms in total. The van der Waals surface area contributed by atoms with Gasteiger partial charge < -0.3 is 15.4 Å². The van der Waals surface area contributed by atoms with E-state index in [1.807, 2.05) is 25.1 Å². The Balaban J connectivity index is 1.88. The lowest BCUT2D eigenvalue weighted by molar-refractivity contribution is 0.151. The molecule has 1 fully saturated rings. The molecule has 1 heterocycles. The van der Waals surface area contributed by atoms with E-state index in [1.54, 1.807) is 0 Å². The van der Waals surface area contributed by atoms with Crippen LogP contribution in [0.3, 0.4) is 0 Å². The summed E-state index contributed by atoms with van der Waals surface area (Å²) in [6.07, 6.45) is 2.53. The third kappa shape index (κ3) is 3.37. The zero-order chi connectivity index (χ0) is 12.3. The molecule has 94 valence electrons. The fourth-order valence-corrected chi connectivity index (χ4v) is 2.42. The molecule has 0 spiro atoms. The zero-order valence-corrected chi connectivity index (χ0v) is 10.8. The van der Waals surface area contributed by atoms with Crippen molar-refractivity contribution in [1.29, 1.82) is 0 Å². The van der Waals surface area contributed by atoms with Gasteiger partial charge in [-0.25, -0.2) is 0 Å². The number of likely N-dealkylation sites (tertiary alicyclic amines) is 1. The van der Waals surface area contributed by atoms with Crippen molar-refractivity contribution in [1.82, 2.24) is 4.90 Å². The van der Waals surface area contributed by atoms with Crippen LogP contribution in [-0.2, 0) is 0 Å². The lowest BCUT2D eigenvalue weighted by Gasteiger charge is -2.29. The molecule has 0 aliphatic carbocycles. The van der Waals surface area contributed by atoms with E-state index >= 15 is 0 Å². The summed E-state index contributed by atoms with van der Waals surface area (Å²) in [6.45, 7) is 5.16. The van der Waals surface area contributed by atoms with E-state index in [0.717, 1.165) is 24.6 Å².